The molecule has 1 aromatic rings. The molecule has 0 aromatic heterocycles. The molecule has 0 radical (unpaired) electrons. The molecule has 14 heavy (non-hydrogen) atoms. The van der Waals surface area contributed by atoms with Crippen LogP contribution in [0.5, 0.6) is 0 Å². The van der Waals surface area contributed by atoms with Gasteiger partial charge in [-0.15, -0.1) is 0 Å². The Bertz CT molecular complexity index is 306. The second-order valence-corrected chi connectivity index (χ2v) is 3.36. The first-order chi connectivity index (χ1) is 6.69. The average Bonchev–Trinajstić information content (AvgIpc) is 2.19. The second-order valence-electron chi connectivity index (χ2n) is 2.96. The zero-order valence-electron chi connectivity index (χ0n) is 8.18. The van der Waals surface area contributed by atoms with E-state index in [1.54, 1.807) is 13.2 Å². The lowest BCUT2D eigenvalue weighted by molar-refractivity contribution is 0.104. The van der Waals surface area contributed by atoms with Gasteiger partial charge in [0.15, 0.2) is 0 Å². The van der Waals surface area contributed by atoms with Gasteiger partial charge < -0.3 is 10.1 Å². The maximum atomic E-state index is 13.1. The second kappa shape index (κ2) is 5.29. The normalized spacial score (nSPS) is 12.9. The molecular formula is C10H13ClFNO. The van der Waals surface area contributed by atoms with E-state index in [1.165, 1.54) is 12.1 Å². The van der Waals surface area contributed by atoms with Gasteiger partial charge in [0.05, 0.1) is 11.1 Å². The number of nitrogens with one attached hydrogen (secondary N) is 1. The van der Waals surface area contributed by atoms with Crippen LogP contribution >= 0.6 is 11.6 Å². The quantitative estimate of drug-likeness (QED) is 0.836. The van der Waals surface area contributed by atoms with Crippen LogP contribution in [0.2, 0.25) is 5.02 Å². The minimum absolute atomic E-state index is 0.132. The first-order valence-electron chi connectivity index (χ1n) is 4.31. The predicted octanol–water partition coefficient (Wildman–Crippen LogP) is 2.39. The average molecular weight is 218 g/mol. The van der Waals surface area contributed by atoms with Crippen molar-refractivity contribution in [3.05, 3.63) is 34.6 Å². The van der Waals surface area contributed by atoms with Crippen LogP contribution in [-0.2, 0) is 4.74 Å². The van der Waals surface area contributed by atoms with Gasteiger partial charge in [-0.1, -0.05) is 17.7 Å². The fraction of sp³-hybridized carbons (Fsp3) is 0.400. The van der Waals surface area contributed by atoms with E-state index in [4.69, 9.17) is 16.3 Å². The Morgan fingerprint density at radius 2 is 2.29 bits per heavy atom. The molecule has 0 saturated carbocycles. The molecule has 0 spiro atoms. The fourth-order valence-electron chi connectivity index (χ4n) is 1.24. The van der Waals surface area contributed by atoms with E-state index in [9.17, 15) is 4.39 Å². The number of benzene rings is 1. The van der Waals surface area contributed by atoms with E-state index in [-0.39, 0.29) is 11.1 Å². The van der Waals surface area contributed by atoms with Gasteiger partial charge in [-0.05, 0) is 24.7 Å². The first-order valence-corrected chi connectivity index (χ1v) is 4.69. The Hall–Kier alpha value is -0.640. The van der Waals surface area contributed by atoms with Crippen LogP contribution in [-0.4, -0.2) is 20.7 Å². The molecule has 1 aromatic carbocycles. The van der Waals surface area contributed by atoms with Gasteiger partial charge in [-0.2, -0.15) is 0 Å². The molecule has 0 amide bonds. The van der Waals surface area contributed by atoms with Crippen LogP contribution in [0.3, 0.4) is 0 Å². The zero-order chi connectivity index (χ0) is 10.6. The van der Waals surface area contributed by atoms with Crippen molar-refractivity contribution in [1.82, 2.24) is 5.32 Å². The van der Waals surface area contributed by atoms with Crippen molar-refractivity contribution in [2.24, 2.45) is 0 Å². The maximum Gasteiger partial charge on any atom is 0.142 e. The molecule has 2 nitrogen and oxygen atoms in total. The predicted molar refractivity (Wildman–Crippen MR) is 55.1 cm³/mol. The summed E-state index contributed by atoms with van der Waals surface area (Å²) in [5.74, 6) is -0.415. The number of methoxy groups -OCH3 is 1. The van der Waals surface area contributed by atoms with Gasteiger partial charge in [0, 0.05) is 13.7 Å². The number of likely N-dealkylation sites (N-methyl/N-ethyl adjacent to an activating group) is 1. The molecule has 0 fully saturated rings. The Morgan fingerprint density at radius 1 is 1.57 bits per heavy atom. The van der Waals surface area contributed by atoms with Gasteiger partial charge in [0.2, 0.25) is 0 Å². The summed E-state index contributed by atoms with van der Waals surface area (Å²) in [7, 11) is 3.41. The highest BCUT2D eigenvalue weighted by Gasteiger charge is 2.11. The van der Waals surface area contributed by atoms with Crippen molar-refractivity contribution in [1.29, 1.82) is 0 Å². The molecule has 0 bridgehead atoms. The van der Waals surface area contributed by atoms with Gasteiger partial charge in [-0.25, -0.2) is 4.39 Å². The summed E-state index contributed by atoms with van der Waals surface area (Å²) in [5, 5.41) is 3.10. The van der Waals surface area contributed by atoms with E-state index >= 15 is 0 Å². The molecule has 4 heteroatoms. The van der Waals surface area contributed by atoms with Gasteiger partial charge in [-0.3, -0.25) is 0 Å². The number of hydrogen-bond donors (Lipinski definition) is 1. The lowest BCUT2D eigenvalue weighted by Gasteiger charge is -2.15. The summed E-state index contributed by atoms with van der Waals surface area (Å²) in [6, 6.07) is 4.69. The van der Waals surface area contributed by atoms with Crippen LogP contribution < -0.4 is 5.32 Å². The summed E-state index contributed by atoms with van der Waals surface area (Å²) in [4.78, 5) is 0. The first kappa shape index (κ1) is 11.4. The fourth-order valence-corrected chi connectivity index (χ4v) is 1.35. The summed E-state index contributed by atoms with van der Waals surface area (Å²) in [5.41, 5.74) is 0.781. The van der Waals surface area contributed by atoms with Crippen molar-refractivity contribution >= 4 is 11.6 Å². The summed E-state index contributed by atoms with van der Waals surface area (Å²) >= 11 is 5.57. The Labute approximate surface area is 88.0 Å². The Kier molecular flexibility index (Phi) is 4.32. The zero-order valence-corrected chi connectivity index (χ0v) is 8.94. The number of halogens is 2. The van der Waals surface area contributed by atoms with Crippen LogP contribution in [0.15, 0.2) is 18.2 Å². The van der Waals surface area contributed by atoms with Gasteiger partial charge in [0.1, 0.15) is 5.82 Å². The Morgan fingerprint density at radius 3 is 2.79 bits per heavy atom. The summed E-state index contributed by atoms with van der Waals surface area (Å²) in [6.45, 7) is 0.636. The summed E-state index contributed by atoms with van der Waals surface area (Å²) in [6.07, 6.45) is -0.147. The molecule has 0 aliphatic carbocycles. The van der Waals surface area contributed by atoms with E-state index < -0.39 is 5.82 Å². The topological polar surface area (TPSA) is 21.3 Å². The SMILES string of the molecule is CNCC(OC)c1ccc(Cl)c(F)c1. The van der Waals surface area contributed by atoms with Crippen LogP contribution in [0, 0.1) is 5.82 Å². The molecule has 0 aliphatic heterocycles. The van der Waals surface area contributed by atoms with Gasteiger partial charge >= 0.3 is 0 Å². The molecule has 1 N–H and O–H groups in total. The monoisotopic (exact) mass is 217 g/mol. The van der Waals surface area contributed by atoms with Crippen LogP contribution in [0.25, 0.3) is 0 Å². The Balaban J connectivity index is 2.88. The molecule has 1 atom stereocenters. The lowest BCUT2D eigenvalue weighted by Crippen LogP contribution is -2.18. The molecule has 0 aliphatic rings. The minimum Gasteiger partial charge on any atom is -0.375 e. The highest BCUT2D eigenvalue weighted by atomic mass is 35.5. The molecule has 1 unspecified atom stereocenters. The largest absolute Gasteiger partial charge is 0.375 e. The molecule has 78 valence electrons. The number of ether oxygens (including phenoxy) is 1. The van der Waals surface area contributed by atoms with E-state index in [0.29, 0.717) is 6.54 Å². The van der Waals surface area contributed by atoms with Crippen molar-refractivity contribution in [2.45, 2.75) is 6.10 Å². The lowest BCUT2D eigenvalue weighted by atomic mass is 10.1. The number of hydrogen-bond acceptors (Lipinski definition) is 2. The molecule has 0 saturated heterocycles. The third-order valence-electron chi connectivity index (χ3n) is 1.99. The third-order valence-corrected chi connectivity index (χ3v) is 2.30. The smallest absolute Gasteiger partial charge is 0.142 e. The standard InChI is InChI=1S/C10H13ClFNO/c1-13-6-10(14-2)7-3-4-8(11)9(12)5-7/h3-5,10,13H,6H2,1-2H3. The summed E-state index contributed by atoms with van der Waals surface area (Å²) < 4.78 is 18.3. The number of rotatable bonds is 4. The van der Waals surface area contributed by atoms with Crippen molar-refractivity contribution < 1.29 is 9.13 Å². The van der Waals surface area contributed by atoms with Gasteiger partial charge in [0.25, 0.3) is 0 Å². The van der Waals surface area contributed by atoms with Crippen molar-refractivity contribution in [3.63, 3.8) is 0 Å². The maximum absolute atomic E-state index is 13.1. The van der Waals surface area contributed by atoms with Crippen LogP contribution in [0.4, 0.5) is 4.39 Å². The third kappa shape index (κ3) is 2.67. The highest BCUT2D eigenvalue weighted by molar-refractivity contribution is 6.30. The van der Waals surface area contributed by atoms with Crippen molar-refractivity contribution in [3.8, 4) is 0 Å². The highest BCUT2D eigenvalue weighted by Crippen LogP contribution is 2.21. The van der Waals surface area contributed by atoms with Crippen LogP contribution in [0.1, 0.15) is 11.7 Å². The molecular weight excluding hydrogens is 205 g/mol. The minimum atomic E-state index is -0.415. The molecule has 1 rings (SSSR count). The van der Waals surface area contributed by atoms with E-state index in [1.807, 2.05) is 7.05 Å². The van der Waals surface area contributed by atoms with E-state index in [0.717, 1.165) is 5.56 Å². The van der Waals surface area contributed by atoms with E-state index in [2.05, 4.69) is 5.32 Å². The molecule has 0 heterocycles. The van der Waals surface area contributed by atoms with Crippen molar-refractivity contribution in [2.75, 3.05) is 20.7 Å².